The molecule has 1 aromatic heterocycles. The van der Waals surface area contributed by atoms with Gasteiger partial charge in [0.2, 0.25) is 0 Å². The summed E-state index contributed by atoms with van der Waals surface area (Å²) in [5.74, 6) is 0.918. The van der Waals surface area contributed by atoms with Crippen molar-refractivity contribution in [3.05, 3.63) is 59.9 Å². The van der Waals surface area contributed by atoms with E-state index in [0.717, 1.165) is 11.4 Å². The molecule has 0 spiro atoms. The molecule has 106 valence electrons. The normalized spacial score (nSPS) is 13.8. The van der Waals surface area contributed by atoms with E-state index < -0.39 is 0 Å². The Morgan fingerprint density at radius 2 is 1.80 bits per heavy atom. The second kappa shape index (κ2) is 7.06. The Labute approximate surface area is 121 Å². The molecule has 3 heteroatoms. The standard InChI is InChI=1S/C17H22N2O/c1-4-20-16-10-8-15(9-11-16)13(2)19-14(3)17-7-5-6-12-18-17/h5-14,19H,4H2,1-3H3. The number of hydrogen-bond donors (Lipinski definition) is 1. The average molecular weight is 270 g/mol. The smallest absolute Gasteiger partial charge is 0.119 e. The van der Waals surface area contributed by atoms with Crippen molar-refractivity contribution >= 4 is 0 Å². The van der Waals surface area contributed by atoms with E-state index in [1.165, 1.54) is 5.56 Å². The van der Waals surface area contributed by atoms with Gasteiger partial charge in [0.1, 0.15) is 5.75 Å². The molecule has 2 atom stereocenters. The van der Waals surface area contributed by atoms with Crippen molar-refractivity contribution in [2.75, 3.05) is 6.61 Å². The van der Waals surface area contributed by atoms with Gasteiger partial charge in [-0.1, -0.05) is 18.2 Å². The number of rotatable bonds is 6. The zero-order valence-corrected chi connectivity index (χ0v) is 12.3. The summed E-state index contributed by atoms with van der Waals surface area (Å²) in [5, 5.41) is 3.56. The first kappa shape index (κ1) is 14.5. The first-order valence-corrected chi connectivity index (χ1v) is 7.10. The number of aromatic nitrogens is 1. The molecule has 0 saturated carbocycles. The minimum absolute atomic E-state index is 0.220. The SMILES string of the molecule is CCOc1ccc(C(C)NC(C)c2ccccn2)cc1. The predicted octanol–water partition coefficient (Wildman–Crippen LogP) is 3.89. The van der Waals surface area contributed by atoms with E-state index in [9.17, 15) is 0 Å². The third kappa shape index (κ3) is 3.81. The van der Waals surface area contributed by atoms with Crippen molar-refractivity contribution in [2.24, 2.45) is 0 Å². The van der Waals surface area contributed by atoms with Gasteiger partial charge in [-0.2, -0.15) is 0 Å². The molecule has 2 aromatic rings. The number of hydrogen-bond acceptors (Lipinski definition) is 3. The first-order valence-electron chi connectivity index (χ1n) is 7.10. The number of benzene rings is 1. The van der Waals surface area contributed by atoms with Crippen LogP contribution in [0.5, 0.6) is 5.75 Å². The van der Waals surface area contributed by atoms with Crippen LogP contribution >= 0.6 is 0 Å². The molecule has 3 nitrogen and oxygen atoms in total. The second-order valence-electron chi connectivity index (χ2n) is 4.87. The van der Waals surface area contributed by atoms with Crippen molar-refractivity contribution < 1.29 is 4.74 Å². The highest BCUT2D eigenvalue weighted by molar-refractivity contribution is 5.29. The summed E-state index contributed by atoms with van der Waals surface area (Å²) in [6, 6.07) is 14.7. The summed E-state index contributed by atoms with van der Waals surface area (Å²) in [7, 11) is 0. The third-order valence-corrected chi connectivity index (χ3v) is 3.32. The zero-order chi connectivity index (χ0) is 14.4. The van der Waals surface area contributed by atoms with Crippen molar-refractivity contribution in [3.8, 4) is 5.75 Å². The molecule has 1 N–H and O–H groups in total. The van der Waals surface area contributed by atoms with Crippen LogP contribution < -0.4 is 10.1 Å². The van der Waals surface area contributed by atoms with Gasteiger partial charge in [-0.15, -0.1) is 0 Å². The fourth-order valence-corrected chi connectivity index (χ4v) is 2.21. The molecule has 0 amide bonds. The van der Waals surface area contributed by atoms with Crippen molar-refractivity contribution in [3.63, 3.8) is 0 Å². The van der Waals surface area contributed by atoms with Crippen LogP contribution in [0.25, 0.3) is 0 Å². The number of pyridine rings is 1. The Balaban J connectivity index is 1.99. The molecular weight excluding hydrogens is 248 g/mol. The molecule has 1 heterocycles. The highest BCUT2D eigenvalue weighted by Gasteiger charge is 2.11. The molecule has 2 unspecified atom stereocenters. The Morgan fingerprint density at radius 1 is 1.05 bits per heavy atom. The van der Waals surface area contributed by atoms with Crippen LogP contribution in [0.3, 0.4) is 0 Å². The fraction of sp³-hybridized carbons (Fsp3) is 0.353. The van der Waals surface area contributed by atoms with Gasteiger partial charge in [-0.3, -0.25) is 4.98 Å². The monoisotopic (exact) mass is 270 g/mol. The van der Waals surface area contributed by atoms with E-state index in [0.29, 0.717) is 6.61 Å². The van der Waals surface area contributed by atoms with Crippen LogP contribution in [0.1, 0.15) is 44.1 Å². The van der Waals surface area contributed by atoms with E-state index in [4.69, 9.17) is 4.74 Å². The Kier molecular flexibility index (Phi) is 5.13. The number of nitrogens with zero attached hydrogens (tertiary/aromatic N) is 1. The van der Waals surface area contributed by atoms with E-state index in [-0.39, 0.29) is 12.1 Å². The largest absolute Gasteiger partial charge is 0.494 e. The van der Waals surface area contributed by atoms with Gasteiger partial charge in [-0.05, 0) is 50.6 Å². The molecule has 0 aliphatic heterocycles. The molecule has 0 aliphatic carbocycles. The van der Waals surface area contributed by atoms with Gasteiger partial charge in [0.05, 0.1) is 12.3 Å². The zero-order valence-electron chi connectivity index (χ0n) is 12.3. The molecule has 0 aliphatic rings. The molecular formula is C17H22N2O. The van der Waals surface area contributed by atoms with E-state index in [2.05, 4.69) is 36.3 Å². The predicted molar refractivity (Wildman–Crippen MR) is 81.8 cm³/mol. The lowest BCUT2D eigenvalue weighted by Gasteiger charge is -2.20. The lowest BCUT2D eigenvalue weighted by molar-refractivity contribution is 0.340. The van der Waals surface area contributed by atoms with Crippen LogP contribution in [0.2, 0.25) is 0 Å². The molecule has 1 aromatic carbocycles. The lowest BCUT2D eigenvalue weighted by Crippen LogP contribution is -2.23. The minimum Gasteiger partial charge on any atom is -0.494 e. The molecule has 2 rings (SSSR count). The van der Waals surface area contributed by atoms with Gasteiger partial charge in [0, 0.05) is 18.3 Å². The molecule has 20 heavy (non-hydrogen) atoms. The topological polar surface area (TPSA) is 34.1 Å². The highest BCUT2D eigenvalue weighted by atomic mass is 16.5. The first-order chi connectivity index (χ1) is 9.70. The van der Waals surface area contributed by atoms with E-state index in [1.807, 2.05) is 43.5 Å². The quantitative estimate of drug-likeness (QED) is 0.864. The van der Waals surface area contributed by atoms with Gasteiger partial charge in [0.25, 0.3) is 0 Å². The lowest BCUT2D eigenvalue weighted by atomic mass is 10.1. The average Bonchev–Trinajstić information content (AvgIpc) is 2.49. The second-order valence-corrected chi connectivity index (χ2v) is 4.87. The summed E-state index contributed by atoms with van der Waals surface area (Å²) >= 11 is 0. The van der Waals surface area contributed by atoms with Crippen LogP contribution in [-0.4, -0.2) is 11.6 Å². The summed E-state index contributed by atoms with van der Waals surface area (Å²) in [6.07, 6.45) is 1.83. The third-order valence-electron chi connectivity index (χ3n) is 3.32. The Morgan fingerprint density at radius 3 is 2.40 bits per heavy atom. The van der Waals surface area contributed by atoms with Gasteiger partial charge in [0.15, 0.2) is 0 Å². The summed E-state index contributed by atoms with van der Waals surface area (Å²) in [6.45, 7) is 6.99. The maximum atomic E-state index is 5.46. The van der Waals surface area contributed by atoms with Gasteiger partial charge in [-0.25, -0.2) is 0 Å². The number of ether oxygens (including phenoxy) is 1. The number of nitrogens with one attached hydrogen (secondary N) is 1. The van der Waals surface area contributed by atoms with Crippen LogP contribution in [-0.2, 0) is 0 Å². The maximum absolute atomic E-state index is 5.46. The van der Waals surface area contributed by atoms with E-state index >= 15 is 0 Å². The summed E-state index contributed by atoms with van der Waals surface area (Å²) in [5.41, 5.74) is 2.31. The van der Waals surface area contributed by atoms with Gasteiger partial charge >= 0.3 is 0 Å². The van der Waals surface area contributed by atoms with Crippen molar-refractivity contribution in [1.82, 2.24) is 10.3 Å². The maximum Gasteiger partial charge on any atom is 0.119 e. The molecule has 0 saturated heterocycles. The molecule has 0 radical (unpaired) electrons. The van der Waals surface area contributed by atoms with Gasteiger partial charge < -0.3 is 10.1 Å². The van der Waals surface area contributed by atoms with Crippen molar-refractivity contribution in [1.29, 1.82) is 0 Å². The van der Waals surface area contributed by atoms with Crippen LogP contribution in [0.4, 0.5) is 0 Å². The molecule has 0 bridgehead atoms. The highest BCUT2D eigenvalue weighted by Crippen LogP contribution is 2.20. The van der Waals surface area contributed by atoms with Crippen LogP contribution in [0.15, 0.2) is 48.7 Å². The van der Waals surface area contributed by atoms with Crippen LogP contribution in [0, 0.1) is 0 Å². The van der Waals surface area contributed by atoms with Crippen molar-refractivity contribution in [2.45, 2.75) is 32.9 Å². The molecule has 0 fully saturated rings. The summed E-state index contributed by atoms with van der Waals surface area (Å²) < 4.78 is 5.46. The minimum atomic E-state index is 0.220. The Bertz CT molecular complexity index is 510. The Hall–Kier alpha value is -1.87. The summed E-state index contributed by atoms with van der Waals surface area (Å²) in [4.78, 5) is 4.38. The van der Waals surface area contributed by atoms with E-state index in [1.54, 1.807) is 0 Å². The fourth-order valence-electron chi connectivity index (χ4n) is 2.21.